The number of aromatic amines is 2. The number of hydrogen-bond acceptors (Lipinski definition) is 17. The van der Waals surface area contributed by atoms with Gasteiger partial charge in [0.15, 0.2) is 34.3 Å². The van der Waals surface area contributed by atoms with E-state index in [4.69, 9.17) is 5.73 Å². The van der Waals surface area contributed by atoms with E-state index in [0.717, 1.165) is 9.54 Å². The zero-order valence-corrected chi connectivity index (χ0v) is 56.9. The van der Waals surface area contributed by atoms with E-state index >= 15 is 0 Å². The summed E-state index contributed by atoms with van der Waals surface area (Å²) in [5.41, 5.74) is 12.7. The van der Waals surface area contributed by atoms with E-state index in [1.807, 2.05) is 71.9 Å². The standard InChI is InChI=1S/C31H29N5O6S2.C23H22N4O3S.C17H18N4O/c1-20(37)33-22-13-15-25(16-14-22)44(41,42)36-19-26(29(38)31(2,3)4)28-30(36)32-18-27(34-28)21-9-8-10-23(17-21)35-43(39,40)24-11-6-5-7-12-24;1-23(2,3)21(28)18-13-24-22-20(18)26-19(14-25-22)15-8-7-9-16(12-15)27-31(29,30)17-10-5-4-6-11-17;1-17(2,3)15(22)12-8-19-16-14(12)21-13(9-20-16)10-5-4-6-11(18)7-10/h5-19,35H,1-4H3,(H,33,37);4-14,27H,1-3H3,(H,24,25);4-9H,18H2,1-3H3,(H,19,20). The van der Waals surface area contributed by atoms with Crippen molar-refractivity contribution in [3.63, 3.8) is 0 Å². The molecule has 0 fully saturated rings. The largest absolute Gasteiger partial charge is 0.399 e. The molecule has 0 saturated heterocycles. The summed E-state index contributed by atoms with van der Waals surface area (Å²) in [5.74, 6) is -0.631. The molecule has 12 rings (SSSR count). The Morgan fingerprint density at radius 1 is 0.443 bits per heavy atom. The number of nitrogens with one attached hydrogen (secondary N) is 5. The van der Waals surface area contributed by atoms with Gasteiger partial charge in [-0.25, -0.2) is 59.1 Å². The second-order valence-corrected chi connectivity index (χ2v) is 30.8. The van der Waals surface area contributed by atoms with E-state index < -0.39 is 46.3 Å². The first-order chi connectivity index (χ1) is 45.7. The summed E-state index contributed by atoms with van der Waals surface area (Å²) < 4.78 is 84.5. The molecule has 97 heavy (non-hydrogen) atoms. The van der Waals surface area contributed by atoms with Gasteiger partial charge in [-0.05, 0) is 84.9 Å². The lowest BCUT2D eigenvalue weighted by atomic mass is 9.87. The minimum atomic E-state index is -4.23. The molecule has 0 atom stereocenters. The molecule has 6 aromatic heterocycles. The molecule has 6 aromatic carbocycles. The summed E-state index contributed by atoms with van der Waals surface area (Å²) in [4.78, 5) is 83.5. The number of ketones is 3. The van der Waals surface area contributed by atoms with E-state index in [1.165, 1.54) is 67.8 Å². The molecule has 1 amide bonds. The van der Waals surface area contributed by atoms with Crippen LogP contribution >= 0.6 is 0 Å². The Labute approximate surface area is 560 Å². The number of nitrogens with zero attached hydrogens (tertiary/aromatic N) is 7. The molecular formula is C71H69N13O10S3. The molecule has 6 heterocycles. The van der Waals surface area contributed by atoms with Crippen LogP contribution in [0.25, 0.3) is 67.3 Å². The highest BCUT2D eigenvalue weighted by Gasteiger charge is 2.33. The molecule has 12 aromatic rings. The molecule has 0 aliphatic carbocycles. The quantitative estimate of drug-likeness (QED) is 0.0410. The maximum Gasteiger partial charge on any atom is 0.269 e. The monoisotopic (exact) mass is 1360 g/mol. The maximum atomic E-state index is 13.7. The van der Waals surface area contributed by atoms with E-state index in [1.54, 1.807) is 124 Å². The van der Waals surface area contributed by atoms with Gasteiger partial charge >= 0.3 is 0 Å². The fourth-order valence-corrected chi connectivity index (χ4v) is 13.4. The predicted octanol–water partition coefficient (Wildman–Crippen LogP) is 13.4. The number of rotatable bonds is 15. The highest BCUT2D eigenvalue weighted by Crippen LogP contribution is 2.34. The summed E-state index contributed by atoms with van der Waals surface area (Å²) in [6.07, 6.45) is 9.18. The lowest BCUT2D eigenvalue weighted by Crippen LogP contribution is -2.20. The smallest absolute Gasteiger partial charge is 0.269 e. The van der Waals surface area contributed by atoms with Gasteiger partial charge in [0.2, 0.25) is 5.91 Å². The molecule has 7 N–H and O–H groups in total. The van der Waals surface area contributed by atoms with Gasteiger partial charge in [0.25, 0.3) is 30.1 Å². The highest BCUT2D eigenvalue weighted by atomic mass is 32.2. The SMILES string of the molecule is CC(=O)Nc1ccc(S(=O)(=O)n2cc(C(=O)C(C)(C)C)c3nc(-c4cccc(NS(=O)(=O)c5ccccc5)c4)cnc32)cc1.CC(C)(C)C(=O)c1c[nH]c2ncc(-c3cccc(N)c3)nc12.CC(C)(C)C(=O)c1c[nH]c2ncc(-c3cccc(NS(=O)(=O)c4ccccc4)c3)nc12. The topological polar surface area (TPSA) is 347 Å². The molecule has 0 bridgehead atoms. The number of sulfonamides is 2. The molecule has 26 heteroatoms. The van der Waals surface area contributed by atoms with Gasteiger partial charge in [0.05, 0.1) is 67.0 Å². The fraction of sp³-hybridized carbons (Fsp3) is 0.183. The number of benzene rings is 6. The number of carbonyl (C=O) groups is 4. The number of amides is 1. The van der Waals surface area contributed by atoms with Gasteiger partial charge in [0.1, 0.15) is 16.6 Å². The third-order valence-electron chi connectivity index (χ3n) is 14.8. The number of nitrogens with two attached hydrogens (primary N) is 1. The zero-order chi connectivity index (χ0) is 70.0. The molecule has 0 radical (unpaired) electrons. The van der Waals surface area contributed by atoms with Crippen LogP contribution in [0.4, 0.5) is 22.7 Å². The maximum absolute atomic E-state index is 13.7. The number of hydrogen-bond donors (Lipinski definition) is 6. The molecular weight excluding hydrogens is 1290 g/mol. The minimum absolute atomic E-state index is 0.0328. The van der Waals surface area contributed by atoms with Gasteiger partial charge in [-0.15, -0.1) is 0 Å². The number of H-pyrrole nitrogens is 2. The van der Waals surface area contributed by atoms with Crippen molar-refractivity contribution in [1.29, 1.82) is 0 Å². The Kier molecular flexibility index (Phi) is 19.1. The van der Waals surface area contributed by atoms with Crippen LogP contribution in [0, 0.1) is 16.2 Å². The first-order valence-corrected chi connectivity index (χ1v) is 34.6. The van der Waals surface area contributed by atoms with Crippen molar-refractivity contribution in [3.8, 4) is 33.8 Å². The lowest BCUT2D eigenvalue weighted by Gasteiger charge is -2.15. The van der Waals surface area contributed by atoms with Crippen LogP contribution in [0.15, 0.2) is 210 Å². The lowest BCUT2D eigenvalue weighted by molar-refractivity contribution is -0.114. The van der Waals surface area contributed by atoms with Gasteiger partial charge in [-0.3, -0.25) is 28.6 Å². The Hall–Kier alpha value is -11.1. The van der Waals surface area contributed by atoms with Crippen LogP contribution in [-0.2, 0) is 34.9 Å². The Morgan fingerprint density at radius 2 is 0.845 bits per heavy atom. The van der Waals surface area contributed by atoms with Gasteiger partial charge in [-0.2, -0.15) is 0 Å². The minimum Gasteiger partial charge on any atom is -0.399 e. The number of Topliss-reactive ketones (excluding diaryl/α,β-unsaturated/α-hetero) is 3. The second kappa shape index (κ2) is 27.0. The Balaban J connectivity index is 0.000000168. The van der Waals surface area contributed by atoms with Gasteiger partial charge < -0.3 is 21.0 Å². The van der Waals surface area contributed by atoms with Crippen LogP contribution in [0.5, 0.6) is 0 Å². The van der Waals surface area contributed by atoms with Crippen LogP contribution < -0.4 is 20.5 Å². The third-order valence-corrected chi connectivity index (χ3v) is 19.3. The van der Waals surface area contributed by atoms with Crippen molar-refractivity contribution in [1.82, 2.24) is 43.8 Å². The van der Waals surface area contributed by atoms with E-state index in [-0.39, 0.29) is 60.4 Å². The van der Waals surface area contributed by atoms with Crippen LogP contribution in [0.1, 0.15) is 100 Å². The van der Waals surface area contributed by atoms with Crippen LogP contribution in [0.3, 0.4) is 0 Å². The van der Waals surface area contributed by atoms with Crippen LogP contribution in [-0.4, -0.2) is 92.4 Å². The van der Waals surface area contributed by atoms with E-state index in [0.29, 0.717) is 78.7 Å². The summed E-state index contributed by atoms with van der Waals surface area (Å²) in [7, 11) is -11.8. The van der Waals surface area contributed by atoms with Crippen molar-refractivity contribution >= 4 is 110 Å². The molecule has 0 spiro atoms. The van der Waals surface area contributed by atoms with Crippen LogP contribution in [0.2, 0.25) is 0 Å². The molecule has 0 aliphatic heterocycles. The van der Waals surface area contributed by atoms with Crippen molar-refractivity contribution in [2.45, 2.75) is 83.9 Å². The van der Waals surface area contributed by atoms with Gasteiger partial charge in [0, 0.05) is 81.2 Å². The number of carbonyl (C=O) groups excluding carboxylic acids is 4. The van der Waals surface area contributed by atoms with Crippen molar-refractivity contribution in [2.75, 3.05) is 20.5 Å². The molecule has 0 aliphatic rings. The Morgan fingerprint density at radius 3 is 1.27 bits per heavy atom. The number of anilines is 4. The van der Waals surface area contributed by atoms with Crippen molar-refractivity contribution < 1.29 is 44.4 Å². The summed E-state index contributed by atoms with van der Waals surface area (Å²) in [6, 6.07) is 42.6. The van der Waals surface area contributed by atoms with Crippen molar-refractivity contribution in [2.24, 2.45) is 16.2 Å². The average Bonchev–Trinajstić information content (AvgIpc) is 1.61. The molecule has 23 nitrogen and oxygen atoms in total. The van der Waals surface area contributed by atoms with E-state index in [9.17, 15) is 44.4 Å². The third kappa shape index (κ3) is 15.5. The number of nitrogen functional groups attached to an aromatic ring is 1. The summed E-state index contributed by atoms with van der Waals surface area (Å²) >= 11 is 0. The molecule has 0 saturated carbocycles. The normalized spacial score (nSPS) is 12.1. The zero-order valence-electron chi connectivity index (χ0n) is 54.5. The Bertz CT molecular complexity index is 5370. The second-order valence-electron chi connectivity index (χ2n) is 25.6. The first kappa shape index (κ1) is 68.8. The average molecular weight is 1360 g/mol. The first-order valence-electron chi connectivity index (χ1n) is 30.2. The molecule has 496 valence electrons. The summed E-state index contributed by atoms with van der Waals surface area (Å²) in [6.45, 7) is 17.7. The predicted molar refractivity (Wildman–Crippen MR) is 375 cm³/mol. The molecule has 0 unspecified atom stereocenters. The van der Waals surface area contributed by atoms with E-state index in [2.05, 4.69) is 54.6 Å². The summed E-state index contributed by atoms with van der Waals surface area (Å²) in [5, 5.41) is 2.59. The number of fused-ring (bicyclic) bond motifs is 3. The number of aromatic nitrogens is 9. The van der Waals surface area contributed by atoms with Crippen molar-refractivity contribution in [3.05, 3.63) is 212 Å². The highest BCUT2D eigenvalue weighted by molar-refractivity contribution is 7.93. The van der Waals surface area contributed by atoms with Gasteiger partial charge in [-0.1, -0.05) is 135 Å². The fourth-order valence-electron chi connectivity index (χ4n) is 9.91.